The molecule has 0 radical (unpaired) electrons. The third kappa shape index (κ3) is 45.2. The zero-order chi connectivity index (χ0) is 51.4. The molecule has 0 spiro atoms. The molecule has 0 aliphatic rings. The number of hydrogen-bond acceptors (Lipinski definition) is 14. The second kappa shape index (κ2) is 44.3. The van der Waals surface area contributed by atoms with Crippen LogP contribution in [-0.2, 0) is 46.6 Å². The van der Waals surface area contributed by atoms with Gasteiger partial charge in [-0.05, 0) is 64.2 Å². The fourth-order valence-electron chi connectivity index (χ4n) is 6.43. The van der Waals surface area contributed by atoms with Gasteiger partial charge < -0.3 is 45.2 Å². The predicted molar refractivity (Wildman–Crippen MR) is 272 cm³/mol. The summed E-state index contributed by atoms with van der Waals surface area (Å²) in [5.41, 5.74) is 6.16. The number of nitrogens with two attached hydrogens (primary N) is 1. The van der Waals surface area contributed by atoms with Crippen molar-refractivity contribution in [3.63, 3.8) is 0 Å². The van der Waals surface area contributed by atoms with Crippen LogP contribution in [0.3, 0.4) is 0 Å². The molecule has 0 aromatic carbocycles. The van der Waals surface area contributed by atoms with E-state index in [0.29, 0.717) is 6.42 Å². The maximum absolute atomic E-state index is 13.1. The van der Waals surface area contributed by atoms with E-state index in [-0.39, 0.29) is 31.4 Å². The Balaban J connectivity index is 5.29. The monoisotopic (exact) mass is 1040 g/mol. The number of aliphatic hydroxyl groups excluding tert-OH is 2. The Labute approximate surface area is 416 Å². The summed E-state index contributed by atoms with van der Waals surface area (Å²) in [6, 6.07) is -1.22. The number of phosphoric ester groups is 2. The lowest BCUT2D eigenvalue weighted by atomic mass is 10.1. The zero-order valence-corrected chi connectivity index (χ0v) is 43.9. The van der Waals surface area contributed by atoms with Crippen LogP contribution in [0.25, 0.3) is 0 Å². The number of carboxylic acid groups (broad SMARTS) is 1. The Morgan fingerprint density at radius 3 is 1.78 bits per heavy atom. The van der Waals surface area contributed by atoms with E-state index in [1.807, 2.05) is 18.2 Å². The molecule has 69 heavy (non-hydrogen) atoms. The second-order valence-corrected chi connectivity index (χ2v) is 20.8. The van der Waals surface area contributed by atoms with Gasteiger partial charge in [0.1, 0.15) is 18.8 Å². The zero-order valence-electron chi connectivity index (χ0n) is 41.3. The van der Waals surface area contributed by atoms with Gasteiger partial charge >= 0.3 is 33.6 Å². The summed E-state index contributed by atoms with van der Waals surface area (Å²) in [6.07, 6.45) is 38.2. The number of phosphoric acid groups is 2. The Kier molecular flexibility index (Phi) is 42.7. The van der Waals surface area contributed by atoms with Crippen LogP contribution in [0.2, 0.25) is 0 Å². The van der Waals surface area contributed by atoms with Crippen molar-refractivity contribution in [1.82, 2.24) is 0 Å². The van der Waals surface area contributed by atoms with Gasteiger partial charge in [-0.15, -0.1) is 11.8 Å². The van der Waals surface area contributed by atoms with Crippen molar-refractivity contribution in [2.45, 2.75) is 198 Å². The number of unbranched alkanes of at least 4 members (excludes halogenated alkanes) is 16. The first kappa shape index (κ1) is 66.6. The molecule has 0 aromatic rings. The van der Waals surface area contributed by atoms with Crippen molar-refractivity contribution in [3.05, 3.63) is 60.8 Å². The fraction of sp³-hybridized carbons (Fsp3) is 0.735. The van der Waals surface area contributed by atoms with Crippen LogP contribution in [0.1, 0.15) is 168 Å². The van der Waals surface area contributed by atoms with Crippen LogP contribution in [0.4, 0.5) is 0 Å². The molecule has 0 aliphatic carbocycles. The average Bonchev–Trinajstić information content (AvgIpc) is 3.30. The number of hydrogen-bond donors (Lipinski definition) is 7. The van der Waals surface area contributed by atoms with E-state index in [9.17, 15) is 38.6 Å². The number of thioether (sulfide) groups is 1. The van der Waals surface area contributed by atoms with Gasteiger partial charge in [0.2, 0.25) is 0 Å². The molecule has 0 saturated heterocycles. The largest absolute Gasteiger partial charge is 0.481 e. The van der Waals surface area contributed by atoms with Crippen LogP contribution in [-0.4, -0.2) is 110 Å². The first-order valence-corrected chi connectivity index (χ1v) is 29.0. The van der Waals surface area contributed by atoms with Crippen LogP contribution in [0.5, 0.6) is 0 Å². The molecule has 0 fully saturated rings. The van der Waals surface area contributed by atoms with Crippen LogP contribution in [0.15, 0.2) is 60.8 Å². The number of rotatable bonds is 47. The van der Waals surface area contributed by atoms with E-state index < -0.39 is 89.6 Å². The summed E-state index contributed by atoms with van der Waals surface area (Å²) in [7, 11) is -9.88. The third-order valence-corrected chi connectivity index (χ3v) is 13.2. The lowest BCUT2D eigenvalue weighted by Gasteiger charge is -2.22. The van der Waals surface area contributed by atoms with E-state index in [2.05, 4.69) is 42.7 Å². The summed E-state index contributed by atoms with van der Waals surface area (Å²) in [4.78, 5) is 64.8. The van der Waals surface area contributed by atoms with Crippen LogP contribution < -0.4 is 5.73 Å². The maximum Gasteiger partial charge on any atom is 0.472 e. The molecule has 0 amide bonds. The number of aliphatic carboxylic acids is 1. The molecule has 0 rings (SSSR count). The summed E-state index contributed by atoms with van der Waals surface area (Å²) in [5, 5.41) is 29.2. The molecule has 1 unspecified atom stereocenters. The van der Waals surface area contributed by atoms with Gasteiger partial charge in [0, 0.05) is 23.8 Å². The van der Waals surface area contributed by atoms with Gasteiger partial charge in [-0.25, -0.2) is 9.13 Å². The number of esters is 2. The maximum atomic E-state index is 13.1. The van der Waals surface area contributed by atoms with Gasteiger partial charge in [-0.1, -0.05) is 152 Å². The summed E-state index contributed by atoms with van der Waals surface area (Å²) in [5.74, 6) is -2.59. The van der Waals surface area contributed by atoms with E-state index in [4.69, 9.17) is 39.1 Å². The van der Waals surface area contributed by atoms with Crippen molar-refractivity contribution in [2.24, 2.45) is 5.73 Å². The molecule has 6 atom stereocenters. The highest BCUT2D eigenvalue weighted by molar-refractivity contribution is 8.00. The Hall–Kier alpha value is -2.44. The van der Waals surface area contributed by atoms with Gasteiger partial charge in [-0.2, -0.15) is 0 Å². The number of carboxylic acids is 1. The third-order valence-electron chi connectivity index (χ3n) is 10.4. The van der Waals surface area contributed by atoms with Crippen molar-refractivity contribution in [3.8, 4) is 0 Å². The molecule has 20 heteroatoms. The van der Waals surface area contributed by atoms with E-state index in [1.54, 1.807) is 18.2 Å². The minimum absolute atomic E-state index is 0.0226. The molecule has 0 aromatic heterocycles. The van der Waals surface area contributed by atoms with Crippen molar-refractivity contribution >= 4 is 45.3 Å². The standard InChI is InChI=1S/C49H87NO16P2S/c1-3-5-7-9-11-13-15-17-18-19-20-21-23-25-27-29-31-36-48(55)66-43(40-65-68(60,61)64-38-42(51)37-63-67(57,58)59)39-62-49(56)44(50)41-69-46(45(52)33-32-35-47(53)54)34-30-28-26-24-22-16-14-12-10-8-6-4-2/h12,14,17-18,22,24,26,28,30,34,42-46,51-52H,3-11,13,15-16,19-21,23,25,27,29,31-33,35-41,50H2,1-2H3,(H,53,54)(H,60,61)(H2,57,58,59)/b14-12-,18-17-,24-22-,28-26+,34-30+/t42-,43+,44-,45-,46+/m0/s1. The molecule has 400 valence electrons. The highest BCUT2D eigenvalue weighted by Gasteiger charge is 2.29. The minimum Gasteiger partial charge on any atom is -0.481 e. The molecule has 17 nitrogen and oxygen atoms in total. The average molecular weight is 1040 g/mol. The molecular weight excluding hydrogens is 953 g/mol. The molecule has 0 aliphatic heterocycles. The first-order valence-electron chi connectivity index (χ1n) is 24.9. The molecule has 0 heterocycles. The second-order valence-electron chi connectivity index (χ2n) is 16.9. The number of ether oxygens (including phenoxy) is 2. The normalized spacial score (nSPS) is 15.6. The Morgan fingerprint density at radius 1 is 0.623 bits per heavy atom. The molecule has 0 saturated carbocycles. The first-order chi connectivity index (χ1) is 33.0. The van der Waals surface area contributed by atoms with E-state index in [1.165, 1.54) is 57.8 Å². The number of carbonyl (C=O) groups excluding carboxylic acids is 2. The predicted octanol–water partition coefficient (Wildman–Crippen LogP) is 10.1. The summed E-state index contributed by atoms with van der Waals surface area (Å²) in [6.45, 7) is 1.16. The Bertz CT molecular complexity index is 1570. The smallest absolute Gasteiger partial charge is 0.472 e. The lowest BCUT2D eigenvalue weighted by Crippen LogP contribution is -2.38. The van der Waals surface area contributed by atoms with E-state index >= 15 is 0 Å². The highest BCUT2D eigenvalue weighted by Crippen LogP contribution is 2.44. The van der Waals surface area contributed by atoms with E-state index in [0.717, 1.165) is 76.0 Å². The minimum atomic E-state index is -4.95. The Morgan fingerprint density at radius 2 is 1.16 bits per heavy atom. The van der Waals surface area contributed by atoms with Crippen molar-refractivity contribution in [1.29, 1.82) is 0 Å². The van der Waals surface area contributed by atoms with Gasteiger partial charge in [-0.3, -0.25) is 28.0 Å². The lowest BCUT2D eigenvalue weighted by molar-refractivity contribution is -0.161. The topological polar surface area (TPSA) is 279 Å². The van der Waals surface area contributed by atoms with Crippen molar-refractivity contribution < 1.29 is 76.6 Å². The van der Waals surface area contributed by atoms with Crippen molar-refractivity contribution in [2.75, 3.05) is 32.2 Å². The van der Waals surface area contributed by atoms with Crippen LogP contribution >= 0.6 is 27.4 Å². The SMILES string of the molecule is CCCCC/C=C\C\C=C/C=C/C=C/[C@@H](SC[C@H](N)C(=O)OC[C@H](COP(=O)(O)OC[C@@H](O)COP(=O)(O)O)OC(=O)CCCCCCCCC/C=C\CCCCCCCC)[C@@H](O)CCCC(=O)O. The quantitative estimate of drug-likeness (QED) is 0.00981. The summed E-state index contributed by atoms with van der Waals surface area (Å²) >= 11 is 1.16. The molecule has 0 bridgehead atoms. The summed E-state index contributed by atoms with van der Waals surface area (Å²) < 4.78 is 48.1. The molecule has 8 N–H and O–H groups in total. The van der Waals surface area contributed by atoms with Crippen LogP contribution in [0, 0.1) is 0 Å². The number of aliphatic hydroxyl groups is 2. The van der Waals surface area contributed by atoms with Gasteiger partial charge in [0.25, 0.3) is 0 Å². The van der Waals surface area contributed by atoms with Gasteiger partial charge in [0.05, 0.1) is 25.9 Å². The number of allylic oxidation sites excluding steroid dienone is 9. The fourth-order valence-corrected chi connectivity index (χ4v) is 8.71. The number of carbonyl (C=O) groups is 3. The van der Waals surface area contributed by atoms with Gasteiger partial charge in [0.15, 0.2) is 6.10 Å². The molecular formula is C49H87NO16P2S. The highest BCUT2D eigenvalue weighted by atomic mass is 32.2.